The molecule has 1 saturated heterocycles. The minimum atomic E-state index is -4.28. The van der Waals surface area contributed by atoms with Gasteiger partial charge in [-0.05, 0) is 42.9 Å². The summed E-state index contributed by atoms with van der Waals surface area (Å²) in [5, 5.41) is 0. The topological polar surface area (TPSA) is 20.3 Å². The monoisotopic (exact) mass is 327 g/mol. The van der Waals surface area contributed by atoms with E-state index in [9.17, 15) is 18.0 Å². The molecule has 1 aromatic carbocycles. The number of carbonyl (C=O) groups excluding carboxylic acids is 1. The predicted octanol–water partition coefficient (Wildman–Crippen LogP) is 4.53. The Kier molecular flexibility index (Phi) is 5.07. The zero-order valence-electron chi connectivity index (χ0n) is 13.9. The first-order valence-electron chi connectivity index (χ1n) is 8.03. The quantitative estimate of drug-likeness (QED) is 0.781. The summed E-state index contributed by atoms with van der Waals surface area (Å²) >= 11 is 0. The number of piperidine rings is 1. The average molecular weight is 327 g/mol. The van der Waals surface area contributed by atoms with E-state index in [1.54, 1.807) is 12.1 Å². The van der Waals surface area contributed by atoms with Crippen LogP contribution in [0.2, 0.25) is 0 Å². The maximum Gasteiger partial charge on any atom is 0.416 e. The largest absolute Gasteiger partial charge is 0.416 e. The highest BCUT2D eigenvalue weighted by Gasteiger charge is 2.31. The van der Waals surface area contributed by atoms with Crippen LogP contribution in [0, 0.1) is 11.3 Å². The molecular formula is C18H24F3NO. The zero-order valence-corrected chi connectivity index (χ0v) is 13.9. The standard InChI is InChI=1S/C18H24F3NO/c1-17(2,3)16(23)22-10-8-14(9-11-22)12-13-4-6-15(7-5-13)18(19,20)21/h4-7,14H,8-12H2,1-3H3. The Labute approximate surface area is 135 Å². The van der Waals surface area contributed by atoms with Crippen LogP contribution in [-0.2, 0) is 17.4 Å². The molecule has 5 heteroatoms. The van der Waals surface area contributed by atoms with Gasteiger partial charge >= 0.3 is 6.18 Å². The molecule has 0 saturated carbocycles. The van der Waals surface area contributed by atoms with Gasteiger partial charge in [-0.1, -0.05) is 32.9 Å². The normalized spacial score (nSPS) is 17.4. The van der Waals surface area contributed by atoms with Gasteiger partial charge in [0.2, 0.25) is 5.91 Å². The molecule has 23 heavy (non-hydrogen) atoms. The number of alkyl halides is 3. The third kappa shape index (κ3) is 4.72. The van der Waals surface area contributed by atoms with E-state index in [4.69, 9.17) is 0 Å². The number of hydrogen-bond acceptors (Lipinski definition) is 1. The lowest BCUT2D eigenvalue weighted by atomic mass is 9.88. The molecule has 0 N–H and O–H groups in total. The Morgan fingerprint density at radius 1 is 1.09 bits per heavy atom. The molecule has 1 aliphatic rings. The van der Waals surface area contributed by atoms with Gasteiger partial charge in [0, 0.05) is 18.5 Å². The number of rotatable bonds is 2. The molecule has 0 aromatic heterocycles. The molecule has 0 atom stereocenters. The minimum Gasteiger partial charge on any atom is -0.342 e. The molecule has 1 heterocycles. The highest BCUT2D eigenvalue weighted by molar-refractivity contribution is 5.81. The minimum absolute atomic E-state index is 0.172. The number of halogens is 3. The Bertz CT molecular complexity index is 535. The van der Waals surface area contributed by atoms with Crippen LogP contribution >= 0.6 is 0 Å². The van der Waals surface area contributed by atoms with Gasteiger partial charge in [0.15, 0.2) is 0 Å². The number of benzene rings is 1. The molecule has 128 valence electrons. The first-order chi connectivity index (χ1) is 10.6. The van der Waals surface area contributed by atoms with Crippen molar-refractivity contribution in [1.82, 2.24) is 4.90 Å². The van der Waals surface area contributed by atoms with E-state index in [0.29, 0.717) is 5.92 Å². The van der Waals surface area contributed by atoms with E-state index >= 15 is 0 Å². The van der Waals surface area contributed by atoms with Gasteiger partial charge in [-0.2, -0.15) is 13.2 Å². The number of amides is 1. The molecule has 2 rings (SSSR count). The Balaban J connectivity index is 1.88. The molecule has 0 unspecified atom stereocenters. The predicted molar refractivity (Wildman–Crippen MR) is 83.9 cm³/mol. The van der Waals surface area contributed by atoms with E-state index in [0.717, 1.165) is 50.0 Å². The number of nitrogens with zero attached hydrogens (tertiary/aromatic N) is 1. The van der Waals surface area contributed by atoms with Crippen LogP contribution in [0.4, 0.5) is 13.2 Å². The van der Waals surface area contributed by atoms with Crippen LogP contribution in [-0.4, -0.2) is 23.9 Å². The molecule has 1 aliphatic heterocycles. The first-order valence-corrected chi connectivity index (χ1v) is 8.03. The average Bonchev–Trinajstić information content (AvgIpc) is 2.46. The summed E-state index contributed by atoms with van der Waals surface area (Å²) in [6.07, 6.45) is -1.70. The molecule has 2 nitrogen and oxygen atoms in total. The highest BCUT2D eigenvalue weighted by atomic mass is 19.4. The zero-order chi connectivity index (χ0) is 17.3. The third-order valence-electron chi connectivity index (χ3n) is 4.35. The summed E-state index contributed by atoms with van der Waals surface area (Å²) in [6, 6.07) is 5.42. The maximum atomic E-state index is 12.6. The van der Waals surface area contributed by atoms with Gasteiger partial charge in [-0.25, -0.2) is 0 Å². The van der Waals surface area contributed by atoms with Crippen molar-refractivity contribution < 1.29 is 18.0 Å². The van der Waals surface area contributed by atoms with Gasteiger partial charge in [0.05, 0.1) is 5.56 Å². The lowest BCUT2D eigenvalue weighted by Gasteiger charge is -2.35. The lowest BCUT2D eigenvalue weighted by Crippen LogP contribution is -2.44. The van der Waals surface area contributed by atoms with Crippen molar-refractivity contribution in [2.45, 2.75) is 46.2 Å². The van der Waals surface area contributed by atoms with Crippen molar-refractivity contribution in [2.75, 3.05) is 13.1 Å². The van der Waals surface area contributed by atoms with Gasteiger partial charge in [-0.15, -0.1) is 0 Å². The SMILES string of the molecule is CC(C)(C)C(=O)N1CCC(Cc2ccc(C(F)(F)F)cc2)CC1. The second-order valence-electron chi connectivity index (χ2n) is 7.38. The van der Waals surface area contributed by atoms with Crippen molar-refractivity contribution in [1.29, 1.82) is 0 Å². The van der Waals surface area contributed by atoms with Crippen molar-refractivity contribution in [3.63, 3.8) is 0 Å². The van der Waals surface area contributed by atoms with Gasteiger partial charge in [0.1, 0.15) is 0 Å². The lowest BCUT2D eigenvalue weighted by molar-refractivity contribution is -0.141. The van der Waals surface area contributed by atoms with E-state index in [-0.39, 0.29) is 11.3 Å². The molecule has 1 aromatic rings. The van der Waals surface area contributed by atoms with Crippen molar-refractivity contribution in [3.8, 4) is 0 Å². The highest BCUT2D eigenvalue weighted by Crippen LogP contribution is 2.30. The van der Waals surface area contributed by atoms with E-state index < -0.39 is 11.7 Å². The Morgan fingerprint density at radius 2 is 1.61 bits per heavy atom. The molecule has 1 fully saturated rings. The van der Waals surface area contributed by atoms with Gasteiger partial charge < -0.3 is 4.90 Å². The van der Waals surface area contributed by atoms with Crippen molar-refractivity contribution >= 4 is 5.91 Å². The van der Waals surface area contributed by atoms with Crippen molar-refractivity contribution in [3.05, 3.63) is 35.4 Å². The Morgan fingerprint density at radius 3 is 2.04 bits per heavy atom. The fourth-order valence-electron chi connectivity index (χ4n) is 2.98. The van der Waals surface area contributed by atoms with E-state index in [1.165, 1.54) is 0 Å². The summed E-state index contributed by atoms with van der Waals surface area (Å²) in [5.74, 6) is 0.598. The first kappa shape index (κ1) is 17.8. The number of carbonyl (C=O) groups is 1. The van der Waals surface area contributed by atoms with Crippen LogP contribution in [0.15, 0.2) is 24.3 Å². The smallest absolute Gasteiger partial charge is 0.342 e. The molecule has 1 amide bonds. The van der Waals surface area contributed by atoms with Gasteiger partial charge in [0.25, 0.3) is 0 Å². The van der Waals surface area contributed by atoms with E-state index in [2.05, 4.69) is 0 Å². The van der Waals surface area contributed by atoms with Crippen molar-refractivity contribution in [2.24, 2.45) is 11.3 Å². The maximum absolute atomic E-state index is 12.6. The van der Waals surface area contributed by atoms with E-state index in [1.807, 2.05) is 25.7 Å². The second-order valence-corrected chi connectivity index (χ2v) is 7.38. The van der Waals surface area contributed by atoms with Crippen LogP contribution in [0.1, 0.15) is 44.7 Å². The van der Waals surface area contributed by atoms with Crippen LogP contribution < -0.4 is 0 Å². The Hall–Kier alpha value is -1.52. The summed E-state index contributed by atoms with van der Waals surface area (Å²) in [5.41, 5.74) is -0.0364. The number of likely N-dealkylation sites (tertiary alicyclic amines) is 1. The molecule has 0 bridgehead atoms. The summed E-state index contributed by atoms with van der Waals surface area (Å²) < 4.78 is 37.7. The summed E-state index contributed by atoms with van der Waals surface area (Å²) in [7, 11) is 0. The summed E-state index contributed by atoms with van der Waals surface area (Å²) in [4.78, 5) is 14.1. The molecular weight excluding hydrogens is 303 g/mol. The second kappa shape index (κ2) is 6.54. The molecule has 0 spiro atoms. The fourth-order valence-corrected chi connectivity index (χ4v) is 2.98. The van der Waals surface area contributed by atoms with Gasteiger partial charge in [-0.3, -0.25) is 4.79 Å². The third-order valence-corrected chi connectivity index (χ3v) is 4.35. The van der Waals surface area contributed by atoms with Crippen LogP contribution in [0.3, 0.4) is 0 Å². The number of hydrogen-bond donors (Lipinski definition) is 0. The fraction of sp³-hybridized carbons (Fsp3) is 0.611. The van der Waals surface area contributed by atoms with Crippen LogP contribution in [0.5, 0.6) is 0 Å². The van der Waals surface area contributed by atoms with Crippen LogP contribution in [0.25, 0.3) is 0 Å². The molecule has 0 radical (unpaired) electrons. The summed E-state index contributed by atoms with van der Waals surface area (Å²) in [6.45, 7) is 7.24. The molecule has 0 aliphatic carbocycles.